The topological polar surface area (TPSA) is 69.8 Å². The highest BCUT2D eigenvalue weighted by molar-refractivity contribution is 7.99. The van der Waals surface area contributed by atoms with Gasteiger partial charge < -0.3 is 10.6 Å². The van der Waals surface area contributed by atoms with E-state index >= 15 is 0 Å². The zero-order chi connectivity index (χ0) is 11.5. The minimum Gasteiger partial charge on any atom is -0.308 e. The van der Waals surface area contributed by atoms with Gasteiger partial charge >= 0.3 is 0 Å². The highest BCUT2D eigenvalue weighted by Gasteiger charge is 2.22. The van der Waals surface area contributed by atoms with E-state index in [0.717, 1.165) is 29.3 Å². The van der Waals surface area contributed by atoms with Crippen molar-refractivity contribution in [3.8, 4) is 0 Å². The number of aromatic nitrogens is 2. The predicted octanol–water partition coefficient (Wildman–Crippen LogP) is 0.670. The van der Waals surface area contributed by atoms with Crippen molar-refractivity contribution in [3.05, 3.63) is 11.3 Å². The Balaban J connectivity index is 1.98. The van der Waals surface area contributed by atoms with Crippen LogP contribution in [-0.4, -0.2) is 40.2 Å². The minimum atomic E-state index is -0.102. The molecule has 2 heterocycles. The van der Waals surface area contributed by atoms with Crippen LogP contribution in [0, 0.1) is 13.8 Å². The zero-order valence-electron chi connectivity index (χ0n) is 9.46. The number of H-pyrrole nitrogens is 1. The SMILES string of the molecule is Cc1[nH]nc(NC(=O)C2CSCCN2)c1C. The lowest BCUT2D eigenvalue weighted by Crippen LogP contribution is -2.46. The van der Waals surface area contributed by atoms with Crippen molar-refractivity contribution < 1.29 is 4.79 Å². The molecule has 16 heavy (non-hydrogen) atoms. The summed E-state index contributed by atoms with van der Waals surface area (Å²) in [5.74, 6) is 2.54. The van der Waals surface area contributed by atoms with E-state index in [1.807, 2.05) is 13.8 Å². The molecule has 1 fully saturated rings. The van der Waals surface area contributed by atoms with Gasteiger partial charge in [0, 0.05) is 29.3 Å². The van der Waals surface area contributed by atoms with Crippen molar-refractivity contribution in [3.63, 3.8) is 0 Å². The van der Waals surface area contributed by atoms with E-state index in [2.05, 4.69) is 20.8 Å². The molecule has 0 saturated carbocycles. The summed E-state index contributed by atoms with van der Waals surface area (Å²) in [5.41, 5.74) is 1.98. The lowest BCUT2D eigenvalue weighted by Gasteiger charge is -2.21. The molecule has 1 aromatic heterocycles. The summed E-state index contributed by atoms with van der Waals surface area (Å²) >= 11 is 1.80. The molecule has 1 unspecified atom stereocenters. The Morgan fingerprint density at radius 3 is 2.94 bits per heavy atom. The number of amides is 1. The van der Waals surface area contributed by atoms with Gasteiger partial charge in [-0.25, -0.2) is 0 Å². The fourth-order valence-corrected chi connectivity index (χ4v) is 2.48. The summed E-state index contributed by atoms with van der Waals surface area (Å²) in [7, 11) is 0. The number of nitrogens with zero attached hydrogens (tertiary/aromatic N) is 1. The summed E-state index contributed by atoms with van der Waals surface area (Å²) in [6.07, 6.45) is 0. The molecule has 0 radical (unpaired) electrons. The molecule has 0 bridgehead atoms. The molecular weight excluding hydrogens is 224 g/mol. The summed E-state index contributed by atoms with van der Waals surface area (Å²) in [5, 5.41) is 13.0. The molecule has 0 aromatic carbocycles. The fraction of sp³-hybridized carbons (Fsp3) is 0.600. The summed E-state index contributed by atoms with van der Waals surface area (Å²) in [6.45, 7) is 4.77. The van der Waals surface area contributed by atoms with Gasteiger partial charge in [-0.1, -0.05) is 0 Å². The van der Waals surface area contributed by atoms with Crippen LogP contribution in [0.15, 0.2) is 0 Å². The standard InChI is InChI=1S/C10H16N4OS/c1-6-7(2)13-14-9(6)12-10(15)8-5-16-4-3-11-8/h8,11H,3-5H2,1-2H3,(H2,12,13,14,15). The molecular formula is C10H16N4OS. The normalized spacial score (nSPS) is 20.8. The number of carbonyl (C=O) groups excluding carboxylic acids is 1. The second kappa shape index (κ2) is 4.88. The number of rotatable bonds is 2. The Morgan fingerprint density at radius 1 is 1.56 bits per heavy atom. The van der Waals surface area contributed by atoms with E-state index in [4.69, 9.17) is 0 Å². The lowest BCUT2D eigenvalue weighted by atomic mass is 10.2. The van der Waals surface area contributed by atoms with E-state index < -0.39 is 0 Å². The summed E-state index contributed by atoms with van der Waals surface area (Å²) in [6, 6.07) is -0.102. The van der Waals surface area contributed by atoms with Crippen molar-refractivity contribution in [2.24, 2.45) is 0 Å². The predicted molar refractivity (Wildman–Crippen MR) is 65.8 cm³/mol. The highest BCUT2D eigenvalue weighted by Crippen LogP contribution is 2.15. The van der Waals surface area contributed by atoms with E-state index in [9.17, 15) is 4.79 Å². The maximum atomic E-state index is 11.9. The molecule has 1 aliphatic rings. The van der Waals surface area contributed by atoms with E-state index in [1.165, 1.54) is 0 Å². The van der Waals surface area contributed by atoms with Gasteiger partial charge in [-0.3, -0.25) is 9.89 Å². The van der Waals surface area contributed by atoms with E-state index in [0.29, 0.717) is 5.82 Å². The third kappa shape index (κ3) is 2.38. The minimum absolute atomic E-state index is 0.00167. The largest absolute Gasteiger partial charge is 0.308 e. The van der Waals surface area contributed by atoms with Gasteiger partial charge in [-0.15, -0.1) is 0 Å². The van der Waals surface area contributed by atoms with E-state index in [1.54, 1.807) is 11.8 Å². The highest BCUT2D eigenvalue weighted by atomic mass is 32.2. The average molecular weight is 240 g/mol. The van der Waals surface area contributed by atoms with Crippen molar-refractivity contribution in [2.75, 3.05) is 23.4 Å². The number of nitrogens with one attached hydrogen (secondary N) is 3. The third-order valence-electron chi connectivity index (χ3n) is 2.73. The second-order valence-electron chi connectivity index (χ2n) is 3.89. The molecule has 0 aliphatic carbocycles. The lowest BCUT2D eigenvalue weighted by molar-refractivity contribution is -0.117. The van der Waals surface area contributed by atoms with Crippen LogP contribution in [-0.2, 0) is 4.79 Å². The van der Waals surface area contributed by atoms with Gasteiger partial charge in [0.05, 0.1) is 6.04 Å². The Kier molecular flexibility index (Phi) is 3.50. The molecule has 1 amide bonds. The number of thioether (sulfide) groups is 1. The van der Waals surface area contributed by atoms with Gasteiger partial charge in [0.2, 0.25) is 5.91 Å². The smallest absolute Gasteiger partial charge is 0.243 e. The number of hydrogen-bond donors (Lipinski definition) is 3. The second-order valence-corrected chi connectivity index (χ2v) is 5.04. The molecule has 1 aromatic rings. The van der Waals surface area contributed by atoms with Crippen molar-refractivity contribution in [1.82, 2.24) is 15.5 Å². The van der Waals surface area contributed by atoms with Crippen molar-refractivity contribution in [1.29, 1.82) is 0 Å². The van der Waals surface area contributed by atoms with Crippen LogP contribution in [0.4, 0.5) is 5.82 Å². The molecule has 6 heteroatoms. The molecule has 1 atom stereocenters. The third-order valence-corrected chi connectivity index (χ3v) is 3.79. The Labute approximate surface area is 98.8 Å². The van der Waals surface area contributed by atoms with Crippen molar-refractivity contribution in [2.45, 2.75) is 19.9 Å². The first-order valence-electron chi connectivity index (χ1n) is 5.32. The van der Waals surface area contributed by atoms with Crippen LogP contribution in [0.2, 0.25) is 0 Å². The Hall–Kier alpha value is -1.01. The molecule has 0 spiro atoms. The van der Waals surface area contributed by atoms with Crippen molar-refractivity contribution >= 4 is 23.5 Å². The molecule has 88 valence electrons. The van der Waals surface area contributed by atoms with Crippen LogP contribution in [0.5, 0.6) is 0 Å². The summed E-state index contributed by atoms with van der Waals surface area (Å²) in [4.78, 5) is 11.9. The van der Waals surface area contributed by atoms with Crippen LogP contribution in [0.25, 0.3) is 0 Å². The quantitative estimate of drug-likeness (QED) is 0.710. The number of aryl methyl sites for hydroxylation is 1. The molecule has 3 N–H and O–H groups in total. The number of aromatic amines is 1. The average Bonchev–Trinajstić information content (AvgIpc) is 2.62. The van der Waals surface area contributed by atoms with Gasteiger partial charge in [-0.2, -0.15) is 16.9 Å². The first-order valence-corrected chi connectivity index (χ1v) is 6.47. The monoisotopic (exact) mass is 240 g/mol. The number of anilines is 1. The maximum Gasteiger partial charge on any atom is 0.243 e. The van der Waals surface area contributed by atoms with Crippen LogP contribution >= 0.6 is 11.8 Å². The van der Waals surface area contributed by atoms with Crippen LogP contribution < -0.4 is 10.6 Å². The molecule has 5 nitrogen and oxygen atoms in total. The molecule has 1 saturated heterocycles. The summed E-state index contributed by atoms with van der Waals surface area (Å²) < 4.78 is 0. The maximum absolute atomic E-state index is 11.9. The first-order chi connectivity index (χ1) is 7.68. The zero-order valence-corrected chi connectivity index (χ0v) is 10.3. The van der Waals surface area contributed by atoms with Gasteiger partial charge in [0.1, 0.15) is 0 Å². The van der Waals surface area contributed by atoms with Gasteiger partial charge in [0.15, 0.2) is 5.82 Å². The molecule has 2 rings (SSSR count). The Morgan fingerprint density at radius 2 is 2.38 bits per heavy atom. The molecule has 1 aliphatic heterocycles. The van der Waals surface area contributed by atoms with Gasteiger partial charge in [0.25, 0.3) is 0 Å². The Bertz CT molecular complexity index is 384. The fourth-order valence-electron chi connectivity index (χ4n) is 1.54. The van der Waals surface area contributed by atoms with Gasteiger partial charge in [-0.05, 0) is 13.8 Å². The van der Waals surface area contributed by atoms with Crippen LogP contribution in [0.3, 0.4) is 0 Å². The number of carbonyl (C=O) groups is 1. The first kappa shape index (κ1) is 11.5. The van der Waals surface area contributed by atoms with Crippen LogP contribution in [0.1, 0.15) is 11.3 Å². The number of hydrogen-bond acceptors (Lipinski definition) is 4. The van der Waals surface area contributed by atoms with E-state index in [-0.39, 0.29) is 11.9 Å².